The number of hydrogen-bond donors (Lipinski definition) is 2. The zero-order chi connectivity index (χ0) is 12.0. The van der Waals surface area contributed by atoms with Crippen LogP contribution in [0.1, 0.15) is 30.5 Å². The van der Waals surface area contributed by atoms with Crippen molar-refractivity contribution in [1.29, 1.82) is 0 Å². The molecule has 0 spiro atoms. The van der Waals surface area contributed by atoms with E-state index in [0.717, 1.165) is 13.0 Å². The number of amides is 1. The van der Waals surface area contributed by atoms with Gasteiger partial charge in [0.25, 0.3) is 0 Å². The van der Waals surface area contributed by atoms with Crippen molar-refractivity contribution in [2.45, 2.75) is 39.8 Å². The molecular weight excluding hydrogens is 220 g/mol. The van der Waals surface area contributed by atoms with Crippen LogP contribution in [0.2, 0.25) is 0 Å². The Morgan fingerprint density at radius 3 is 2.62 bits per heavy atom. The number of nitrogens with one attached hydrogen (secondary N) is 2. The van der Waals surface area contributed by atoms with Crippen LogP contribution >= 0.6 is 11.3 Å². The minimum absolute atomic E-state index is 0.0577. The normalized spacial score (nSPS) is 10.8. The zero-order valence-electron chi connectivity index (χ0n) is 10.2. The third kappa shape index (κ3) is 4.77. The van der Waals surface area contributed by atoms with Crippen molar-refractivity contribution in [2.75, 3.05) is 6.54 Å². The largest absolute Gasteiger partial charge is 0.353 e. The van der Waals surface area contributed by atoms with Gasteiger partial charge in [0.15, 0.2) is 0 Å². The second-order valence-electron chi connectivity index (χ2n) is 4.05. The highest BCUT2D eigenvalue weighted by atomic mass is 32.1. The van der Waals surface area contributed by atoms with Gasteiger partial charge < -0.3 is 10.6 Å². The lowest BCUT2D eigenvalue weighted by Gasteiger charge is -2.08. The summed E-state index contributed by atoms with van der Waals surface area (Å²) in [7, 11) is 0. The summed E-state index contributed by atoms with van der Waals surface area (Å²) in [6.45, 7) is 7.24. The molecule has 0 aliphatic rings. The van der Waals surface area contributed by atoms with Gasteiger partial charge in [-0.15, -0.1) is 11.3 Å². The van der Waals surface area contributed by atoms with Crippen molar-refractivity contribution in [1.82, 2.24) is 10.6 Å². The summed E-state index contributed by atoms with van der Waals surface area (Å²) in [5, 5.41) is 5.99. The van der Waals surface area contributed by atoms with E-state index < -0.39 is 0 Å². The SMILES string of the molecule is CCc1ccc(CNCC(=O)NC(C)C)s1. The van der Waals surface area contributed by atoms with Crippen molar-refractivity contribution in [3.63, 3.8) is 0 Å². The molecule has 0 radical (unpaired) electrons. The summed E-state index contributed by atoms with van der Waals surface area (Å²) in [6, 6.07) is 4.48. The van der Waals surface area contributed by atoms with E-state index in [2.05, 4.69) is 29.7 Å². The van der Waals surface area contributed by atoms with Crippen molar-refractivity contribution >= 4 is 17.2 Å². The smallest absolute Gasteiger partial charge is 0.234 e. The molecule has 4 heteroatoms. The van der Waals surface area contributed by atoms with Crippen LogP contribution in [0.25, 0.3) is 0 Å². The molecule has 2 N–H and O–H groups in total. The summed E-state index contributed by atoms with van der Waals surface area (Å²) in [4.78, 5) is 14.0. The summed E-state index contributed by atoms with van der Waals surface area (Å²) < 4.78 is 0. The highest BCUT2D eigenvalue weighted by Crippen LogP contribution is 2.16. The maximum absolute atomic E-state index is 11.3. The summed E-state index contributed by atoms with van der Waals surface area (Å²) in [5.74, 6) is 0.0577. The number of aryl methyl sites for hydroxylation is 1. The topological polar surface area (TPSA) is 41.1 Å². The van der Waals surface area contributed by atoms with E-state index >= 15 is 0 Å². The fourth-order valence-electron chi connectivity index (χ4n) is 1.38. The Labute approximate surface area is 101 Å². The van der Waals surface area contributed by atoms with Gasteiger partial charge in [0.2, 0.25) is 5.91 Å². The standard InChI is InChI=1S/C12H20N2OS/c1-4-10-5-6-11(16-10)7-13-8-12(15)14-9(2)3/h5-6,9,13H,4,7-8H2,1-3H3,(H,14,15). The monoisotopic (exact) mass is 240 g/mol. The minimum Gasteiger partial charge on any atom is -0.353 e. The van der Waals surface area contributed by atoms with Gasteiger partial charge in [-0.3, -0.25) is 4.79 Å². The van der Waals surface area contributed by atoms with E-state index in [0.29, 0.717) is 6.54 Å². The highest BCUT2D eigenvalue weighted by Gasteiger charge is 2.03. The highest BCUT2D eigenvalue weighted by molar-refractivity contribution is 7.11. The molecule has 1 amide bonds. The Morgan fingerprint density at radius 1 is 1.38 bits per heavy atom. The van der Waals surface area contributed by atoms with Crippen molar-refractivity contribution in [2.24, 2.45) is 0 Å². The molecule has 1 rings (SSSR count). The first-order valence-electron chi connectivity index (χ1n) is 5.69. The molecule has 0 unspecified atom stereocenters. The van der Waals surface area contributed by atoms with Crippen LogP contribution in [0.15, 0.2) is 12.1 Å². The number of carbonyl (C=O) groups is 1. The molecule has 0 aromatic carbocycles. The minimum atomic E-state index is 0.0577. The van der Waals surface area contributed by atoms with Crippen LogP contribution in [0, 0.1) is 0 Å². The van der Waals surface area contributed by atoms with E-state index in [1.807, 2.05) is 13.8 Å². The van der Waals surface area contributed by atoms with Crippen LogP contribution in [-0.2, 0) is 17.8 Å². The van der Waals surface area contributed by atoms with Crippen LogP contribution in [-0.4, -0.2) is 18.5 Å². The predicted octanol–water partition coefficient (Wildman–Crippen LogP) is 1.92. The van der Waals surface area contributed by atoms with E-state index in [1.165, 1.54) is 9.75 Å². The molecule has 0 aliphatic carbocycles. The van der Waals surface area contributed by atoms with Crippen LogP contribution in [0.4, 0.5) is 0 Å². The molecule has 0 atom stereocenters. The van der Waals surface area contributed by atoms with Gasteiger partial charge in [0.05, 0.1) is 6.54 Å². The summed E-state index contributed by atoms with van der Waals surface area (Å²) in [5.41, 5.74) is 0. The van der Waals surface area contributed by atoms with E-state index in [4.69, 9.17) is 0 Å². The molecule has 90 valence electrons. The second-order valence-corrected chi connectivity index (χ2v) is 5.30. The van der Waals surface area contributed by atoms with Crippen LogP contribution in [0.5, 0.6) is 0 Å². The lowest BCUT2D eigenvalue weighted by atomic mass is 10.3. The van der Waals surface area contributed by atoms with Gasteiger partial charge in [-0.2, -0.15) is 0 Å². The number of hydrogen-bond acceptors (Lipinski definition) is 3. The maximum Gasteiger partial charge on any atom is 0.234 e. The zero-order valence-corrected chi connectivity index (χ0v) is 11.0. The lowest BCUT2D eigenvalue weighted by molar-refractivity contribution is -0.120. The quantitative estimate of drug-likeness (QED) is 0.797. The van der Waals surface area contributed by atoms with E-state index in [-0.39, 0.29) is 11.9 Å². The average Bonchev–Trinajstić information content (AvgIpc) is 2.64. The Hall–Kier alpha value is -0.870. The third-order valence-electron chi connectivity index (χ3n) is 2.10. The molecule has 0 fully saturated rings. The number of rotatable bonds is 6. The first-order valence-corrected chi connectivity index (χ1v) is 6.51. The Kier molecular flexibility index (Phi) is 5.49. The van der Waals surface area contributed by atoms with Gasteiger partial charge in [0, 0.05) is 22.3 Å². The second kappa shape index (κ2) is 6.66. The molecule has 1 heterocycles. The van der Waals surface area contributed by atoms with Gasteiger partial charge in [-0.05, 0) is 32.4 Å². The molecule has 0 aliphatic heterocycles. The maximum atomic E-state index is 11.3. The van der Waals surface area contributed by atoms with Crippen molar-refractivity contribution < 1.29 is 4.79 Å². The van der Waals surface area contributed by atoms with Gasteiger partial charge in [-0.25, -0.2) is 0 Å². The van der Waals surface area contributed by atoms with Gasteiger partial charge >= 0.3 is 0 Å². The first-order chi connectivity index (χ1) is 7.61. The van der Waals surface area contributed by atoms with Crippen LogP contribution in [0.3, 0.4) is 0 Å². The Bertz CT molecular complexity index is 334. The van der Waals surface area contributed by atoms with Gasteiger partial charge in [0.1, 0.15) is 0 Å². The van der Waals surface area contributed by atoms with E-state index in [9.17, 15) is 4.79 Å². The van der Waals surface area contributed by atoms with Crippen molar-refractivity contribution in [3.05, 3.63) is 21.9 Å². The first kappa shape index (κ1) is 13.2. The molecule has 1 aromatic rings. The summed E-state index contributed by atoms with van der Waals surface area (Å²) >= 11 is 1.80. The molecule has 16 heavy (non-hydrogen) atoms. The molecule has 0 saturated carbocycles. The Morgan fingerprint density at radius 2 is 2.06 bits per heavy atom. The summed E-state index contributed by atoms with van der Waals surface area (Å²) in [6.07, 6.45) is 1.08. The van der Waals surface area contributed by atoms with E-state index in [1.54, 1.807) is 11.3 Å². The molecule has 3 nitrogen and oxygen atoms in total. The third-order valence-corrected chi connectivity index (χ3v) is 3.33. The fraction of sp³-hybridized carbons (Fsp3) is 0.583. The molecule has 0 bridgehead atoms. The lowest BCUT2D eigenvalue weighted by Crippen LogP contribution is -2.37. The molecule has 0 saturated heterocycles. The predicted molar refractivity (Wildman–Crippen MR) is 68.7 cm³/mol. The average molecular weight is 240 g/mol. The molecular formula is C12H20N2OS. The van der Waals surface area contributed by atoms with Gasteiger partial charge in [-0.1, -0.05) is 6.92 Å². The number of thiophene rings is 1. The Balaban J connectivity index is 2.22. The van der Waals surface area contributed by atoms with Crippen molar-refractivity contribution in [3.8, 4) is 0 Å². The fourth-order valence-corrected chi connectivity index (χ4v) is 2.31. The number of carbonyl (C=O) groups excluding carboxylic acids is 1. The van der Waals surface area contributed by atoms with Crippen LogP contribution < -0.4 is 10.6 Å². The molecule has 1 aromatic heterocycles.